The van der Waals surface area contributed by atoms with Crippen molar-refractivity contribution < 1.29 is 24.0 Å². The minimum absolute atomic E-state index is 0.0497. The van der Waals surface area contributed by atoms with Gasteiger partial charge in [0.2, 0.25) is 11.8 Å². The van der Waals surface area contributed by atoms with E-state index in [1.165, 1.54) is 0 Å². The summed E-state index contributed by atoms with van der Waals surface area (Å²) in [5, 5.41) is 6.76. The summed E-state index contributed by atoms with van der Waals surface area (Å²) < 4.78 is 1.70. The molecular weight excluding hydrogens is 536 g/mol. The van der Waals surface area contributed by atoms with Gasteiger partial charge in [0.25, 0.3) is 17.7 Å². The van der Waals surface area contributed by atoms with Crippen LogP contribution in [0.4, 0.5) is 5.69 Å². The molecule has 42 heavy (non-hydrogen) atoms. The average molecular weight is 575 g/mol. The lowest BCUT2D eigenvalue weighted by Crippen LogP contribution is -2.54. The number of imide groups is 2. The Kier molecular flexibility index (Phi) is 7.36. The van der Waals surface area contributed by atoms with Crippen LogP contribution in [0.3, 0.4) is 0 Å². The summed E-state index contributed by atoms with van der Waals surface area (Å²) in [6.07, 6.45) is 4.13. The smallest absolute Gasteiger partial charge is 0.272 e. The fourth-order valence-corrected chi connectivity index (χ4v) is 7.08. The number of aryl methyl sites for hydroxylation is 1. The predicted octanol–water partition coefficient (Wildman–Crippen LogP) is 2.71. The molecule has 4 aliphatic heterocycles. The molecule has 2 aromatic rings. The molecule has 1 aromatic carbocycles. The lowest BCUT2D eigenvalue weighted by atomic mass is 9.78. The number of carbonyl (C=O) groups is 5. The zero-order valence-electron chi connectivity index (χ0n) is 24.5. The number of likely N-dealkylation sites (tertiary alicyclic amines) is 1. The maximum absolute atomic E-state index is 13.5. The number of nitrogens with zero attached hydrogens (tertiary/aromatic N) is 5. The zero-order chi connectivity index (χ0) is 29.7. The van der Waals surface area contributed by atoms with Crippen LogP contribution < -0.4 is 10.2 Å². The van der Waals surface area contributed by atoms with Crippen LogP contribution >= 0.6 is 0 Å². The molecule has 5 amide bonds. The van der Waals surface area contributed by atoms with E-state index in [9.17, 15) is 24.0 Å². The van der Waals surface area contributed by atoms with Crippen LogP contribution in [0, 0.1) is 11.8 Å². The summed E-state index contributed by atoms with van der Waals surface area (Å²) in [5.41, 5.74) is 2.98. The van der Waals surface area contributed by atoms with E-state index in [0.29, 0.717) is 28.7 Å². The van der Waals surface area contributed by atoms with E-state index in [4.69, 9.17) is 0 Å². The molecule has 1 aromatic heterocycles. The fourth-order valence-electron chi connectivity index (χ4n) is 7.08. The SMILES string of the molecule is CC(C)c1cc(C(=O)N2CCC(C3CCN(c4cccc5c4C(=O)N(C4CCC(=O)NC4=O)C5=O)CC3)CC2)n(C)n1. The average Bonchev–Trinajstić information content (AvgIpc) is 3.50. The topological polar surface area (TPSA) is 125 Å². The van der Waals surface area contributed by atoms with Crippen molar-refractivity contribution in [1.29, 1.82) is 0 Å². The molecule has 1 unspecified atom stereocenters. The van der Waals surface area contributed by atoms with Gasteiger partial charge in [-0.2, -0.15) is 5.10 Å². The van der Waals surface area contributed by atoms with Crippen LogP contribution in [0.15, 0.2) is 24.3 Å². The molecule has 1 atom stereocenters. The van der Waals surface area contributed by atoms with Gasteiger partial charge < -0.3 is 9.80 Å². The number of nitrogens with one attached hydrogen (secondary N) is 1. The first-order chi connectivity index (χ1) is 20.1. The Morgan fingerprint density at radius 1 is 0.929 bits per heavy atom. The summed E-state index contributed by atoms with van der Waals surface area (Å²) in [5.74, 6) is -0.525. The Morgan fingerprint density at radius 3 is 2.21 bits per heavy atom. The molecule has 11 heteroatoms. The molecule has 5 heterocycles. The number of piperidine rings is 3. The summed E-state index contributed by atoms with van der Waals surface area (Å²) in [6.45, 7) is 7.17. The summed E-state index contributed by atoms with van der Waals surface area (Å²) in [6, 6.07) is 6.25. The maximum Gasteiger partial charge on any atom is 0.272 e. The third kappa shape index (κ3) is 4.88. The highest BCUT2D eigenvalue weighted by atomic mass is 16.2. The third-order valence-corrected chi connectivity index (χ3v) is 9.53. The van der Waals surface area contributed by atoms with E-state index >= 15 is 0 Å². The van der Waals surface area contributed by atoms with E-state index < -0.39 is 23.8 Å². The zero-order valence-corrected chi connectivity index (χ0v) is 24.5. The van der Waals surface area contributed by atoms with Gasteiger partial charge in [-0.05, 0) is 68.1 Å². The molecule has 4 aliphatic rings. The molecule has 3 fully saturated rings. The van der Waals surface area contributed by atoms with Crippen molar-refractivity contribution in [1.82, 2.24) is 24.9 Å². The summed E-state index contributed by atoms with van der Waals surface area (Å²) in [4.78, 5) is 69.2. The monoisotopic (exact) mass is 574 g/mol. The highest BCUT2D eigenvalue weighted by molar-refractivity contribution is 6.25. The summed E-state index contributed by atoms with van der Waals surface area (Å²) in [7, 11) is 1.83. The Balaban J connectivity index is 1.07. The minimum atomic E-state index is -0.971. The van der Waals surface area contributed by atoms with Crippen LogP contribution in [0.1, 0.15) is 95.2 Å². The molecule has 0 saturated carbocycles. The molecule has 1 N–H and O–H groups in total. The first-order valence-electron chi connectivity index (χ1n) is 15.1. The first kappa shape index (κ1) is 28.1. The van der Waals surface area contributed by atoms with Crippen LogP contribution in [0.25, 0.3) is 0 Å². The normalized spacial score (nSPS) is 22.3. The van der Waals surface area contributed by atoms with E-state index in [2.05, 4.69) is 29.2 Å². The fraction of sp³-hybridized carbons (Fsp3) is 0.548. The Hall–Kier alpha value is -4.02. The van der Waals surface area contributed by atoms with Gasteiger partial charge in [0.05, 0.1) is 22.5 Å². The van der Waals surface area contributed by atoms with Crippen LogP contribution in [-0.2, 0) is 16.6 Å². The third-order valence-electron chi connectivity index (χ3n) is 9.53. The van der Waals surface area contributed by atoms with Gasteiger partial charge in [0.15, 0.2) is 0 Å². The number of hydrogen-bond donors (Lipinski definition) is 1. The molecule has 0 spiro atoms. The van der Waals surface area contributed by atoms with Gasteiger partial charge in [-0.25, -0.2) is 0 Å². The lowest BCUT2D eigenvalue weighted by molar-refractivity contribution is -0.136. The number of aromatic nitrogens is 2. The first-order valence-corrected chi connectivity index (χ1v) is 15.1. The number of benzene rings is 1. The Bertz CT molecular complexity index is 1450. The second-order valence-electron chi connectivity index (χ2n) is 12.3. The summed E-state index contributed by atoms with van der Waals surface area (Å²) >= 11 is 0. The van der Waals surface area contributed by atoms with Gasteiger partial charge >= 0.3 is 0 Å². The van der Waals surface area contributed by atoms with Crippen molar-refractivity contribution in [2.24, 2.45) is 18.9 Å². The van der Waals surface area contributed by atoms with Crippen molar-refractivity contribution in [2.45, 2.75) is 64.3 Å². The molecule has 222 valence electrons. The van der Waals surface area contributed by atoms with Crippen molar-refractivity contribution >= 4 is 35.2 Å². The number of fused-ring (bicyclic) bond motifs is 1. The molecule has 0 aliphatic carbocycles. The second-order valence-corrected chi connectivity index (χ2v) is 12.3. The second kappa shape index (κ2) is 11.0. The Morgan fingerprint density at radius 2 is 1.60 bits per heavy atom. The number of carbonyl (C=O) groups excluding carboxylic acids is 5. The molecule has 11 nitrogen and oxygen atoms in total. The van der Waals surface area contributed by atoms with Gasteiger partial charge in [-0.15, -0.1) is 0 Å². The molecule has 6 rings (SSSR count). The predicted molar refractivity (Wildman–Crippen MR) is 154 cm³/mol. The maximum atomic E-state index is 13.5. The quantitative estimate of drug-likeness (QED) is 0.545. The lowest BCUT2D eigenvalue weighted by Gasteiger charge is -2.41. The van der Waals surface area contributed by atoms with Gasteiger partial charge in [0, 0.05) is 39.6 Å². The number of anilines is 1. The van der Waals surface area contributed by atoms with E-state index in [1.54, 1.807) is 16.8 Å². The molecule has 0 radical (unpaired) electrons. The van der Waals surface area contributed by atoms with Gasteiger partial charge in [-0.3, -0.25) is 38.9 Å². The van der Waals surface area contributed by atoms with Crippen molar-refractivity contribution in [2.75, 3.05) is 31.1 Å². The highest BCUT2D eigenvalue weighted by Gasteiger charge is 2.46. The van der Waals surface area contributed by atoms with E-state index in [-0.39, 0.29) is 30.6 Å². The largest absolute Gasteiger partial charge is 0.371 e. The van der Waals surface area contributed by atoms with Gasteiger partial charge in [0.1, 0.15) is 11.7 Å². The van der Waals surface area contributed by atoms with Gasteiger partial charge in [-0.1, -0.05) is 19.9 Å². The van der Waals surface area contributed by atoms with E-state index in [1.807, 2.05) is 24.1 Å². The van der Waals surface area contributed by atoms with Crippen molar-refractivity contribution in [3.63, 3.8) is 0 Å². The Labute approximate surface area is 245 Å². The van der Waals surface area contributed by atoms with Crippen LogP contribution in [0.5, 0.6) is 0 Å². The number of hydrogen-bond acceptors (Lipinski definition) is 7. The number of rotatable bonds is 5. The number of amides is 5. The van der Waals surface area contributed by atoms with Crippen molar-refractivity contribution in [3.05, 3.63) is 46.8 Å². The molecule has 0 bridgehead atoms. The van der Waals surface area contributed by atoms with E-state index in [0.717, 1.165) is 68.1 Å². The minimum Gasteiger partial charge on any atom is -0.371 e. The van der Waals surface area contributed by atoms with Crippen LogP contribution in [-0.4, -0.2) is 81.3 Å². The standard InChI is InChI=1S/C31H38N6O5/c1-18(2)22-17-25(34(3)33-22)30(41)36-15-11-20(12-16-36)19-9-13-35(14-10-19)23-6-4-5-21-27(23)31(42)37(29(21)40)24-7-8-26(38)32-28(24)39/h4-6,17-20,24H,7-16H2,1-3H3,(H,32,38,39). The highest BCUT2D eigenvalue weighted by Crippen LogP contribution is 2.38. The molecular formula is C31H38N6O5. The molecule has 3 saturated heterocycles. The van der Waals surface area contributed by atoms with Crippen LogP contribution in [0.2, 0.25) is 0 Å². The van der Waals surface area contributed by atoms with Crippen molar-refractivity contribution in [3.8, 4) is 0 Å².